The number of fused-ring (bicyclic) bond motifs is 1. The van der Waals surface area contributed by atoms with Crippen molar-refractivity contribution in [2.24, 2.45) is 0 Å². The molecule has 1 aliphatic carbocycles. The largest absolute Gasteiger partial charge is 0.380 e. The monoisotopic (exact) mass is 538 g/mol. The van der Waals surface area contributed by atoms with Gasteiger partial charge >= 0.3 is 17.8 Å². The second-order valence-corrected chi connectivity index (χ2v) is 6.90. The van der Waals surface area contributed by atoms with Crippen molar-refractivity contribution in [3.63, 3.8) is 0 Å². The molecule has 0 spiro atoms. The van der Waals surface area contributed by atoms with E-state index in [0.29, 0.717) is 0 Å². The Hall–Kier alpha value is 0.720. The van der Waals surface area contributed by atoms with Gasteiger partial charge in [0.25, 0.3) is 0 Å². The van der Waals surface area contributed by atoms with E-state index in [4.69, 9.17) is 0 Å². The van der Waals surface area contributed by atoms with Gasteiger partial charge in [0.15, 0.2) is 0 Å². The molecule has 0 saturated heterocycles. The Kier molecular flexibility index (Phi) is 3.69. The standard InChI is InChI=1S/C9Br4F6/c10-3-1-2(4(11)6(13)5(3)12)8(16,17)9(18,19)7(1,14)15. The van der Waals surface area contributed by atoms with Crippen LogP contribution in [0.4, 0.5) is 26.3 Å². The highest BCUT2D eigenvalue weighted by Crippen LogP contribution is 2.67. The predicted molar refractivity (Wildman–Crippen MR) is 70.0 cm³/mol. The Morgan fingerprint density at radius 1 is 0.526 bits per heavy atom. The highest BCUT2D eigenvalue weighted by molar-refractivity contribution is 9.15. The summed E-state index contributed by atoms with van der Waals surface area (Å²) in [4.78, 5) is 0. The van der Waals surface area contributed by atoms with Crippen LogP contribution in [0, 0.1) is 0 Å². The Labute approximate surface area is 136 Å². The van der Waals surface area contributed by atoms with Crippen molar-refractivity contribution in [2.45, 2.75) is 17.8 Å². The molecule has 0 heterocycles. The molecule has 1 aliphatic rings. The third-order valence-electron chi connectivity index (χ3n) is 2.68. The molecule has 2 rings (SSSR count). The Morgan fingerprint density at radius 3 is 1.05 bits per heavy atom. The lowest BCUT2D eigenvalue weighted by Crippen LogP contribution is -2.43. The lowest BCUT2D eigenvalue weighted by Gasteiger charge is -2.23. The quantitative estimate of drug-likeness (QED) is 0.198. The molecule has 0 N–H and O–H groups in total. The van der Waals surface area contributed by atoms with Crippen molar-refractivity contribution in [2.75, 3.05) is 0 Å². The van der Waals surface area contributed by atoms with E-state index in [2.05, 4.69) is 63.7 Å². The molecule has 1 aromatic carbocycles. The molecule has 106 valence electrons. The van der Waals surface area contributed by atoms with Gasteiger partial charge in [-0.25, -0.2) is 0 Å². The first-order chi connectivity index (χ1) is 8.39. The predicted octanol–water partition coefficient (Wildman–Crippen LogP) is 6.57. The zero-order valence-corrected chi connectivity index (χ0v) is 14.6. The molecule has 0 aliphatic heterocycles. The van der Waals surface area contributed by atoms with Crippen LogP contribution in [0.5, 0.6) is 0 Å². The first-order valence-electron chi connectivity index (χ1n) is 4.39. The van der Waals surface area contributed by atoms with Crippen LogP contribution in [0.2, 0.25) is 0 Å². The fourth-order valence-electron chi connectivity index (χ4n) is 1.73. The second kappa shape index (κ2) is 4.36. The van der Waals surface area contributed by atoms with E-state index in [1.807, 2.05) is 0 Å². The molecule has 0 nitrogen and oxygen atoms in total. The van der Waals surface area contributed by atoms with Crippen molar-refractivity contribution in [3.8, 4) is 0 Å². The molecule has 0 saturated carbocycles. The van der Waals surface area contributed by atoms with Gasteiger partial charge in [0.2, 0.25) is 0 Å². The van der Waals surface area contributed by atoms with Crippen molar-refractivity contribution in [1.29, 1.82) is 0 Å². The van der Waals surface area contributed by atoms with Crippen LogP contribution in [-0.2, 0) is 11.8 Å². The van der Waals surface area contributed by atoms with Gasteiger partial charge in [0, 0.05) is 17.9 Å². The SMILES string of the molecule is FC1(F)c2c(Br)c(Br)c(Br)c(Br)c2C(F)(F)C1(F)F. The molecule has 0 unspecified atom stereocenters. The normalized spacial score (nSPS) is 22.4. The topological polar surface area (TPSA) is 0 Å². The Morgan fingerprint density at radius 2 is 0.789 bits per heavy atom. The third kappa shape index (κ3) is 1.75. The summed E-state index contributed by atoms with van der Waals surface area (Å²) in [5.41, 5.74) is -2.85. The highest BCUT2D eigenvalue weighted by Gasteiger charge is 2.80. The van der Waals surface area contributed by atoms with Crippen molar-refractivity contribution in [3.05, 3.63) is 29.0 Å². The maximum atomic E-state index is 13.6. The van der Waals surface area contributed by atoms with Gasteiger partial charge in [0.05, 0.1) is 11.1 Å². The van der Waals surface area contributed by atoms with E-state index in [0.717, 1.165) is 0 Å². The minimum absolute atomic E-state index is 0.0636. The van der Waals surface area contributed by atoms with Gasteiger partial charge < -0.3 is 0 Å². The summed E-state index contributed by atoms with van der Waals surface area (Å²) >= 11 is 11.0. The molecule has 0 radical (unpaired) electrons. The summed E-state index contributed by atoms with van der Waals surface area (Å²) < 4.78 is 80.1. The minimum atomic E-state index is -5.51. The second-order valence-electron chi connectivity index (χ2n) is 3.73. The number of alkyl halides is 6. The molecule has 19 heavy (non-hydrogen) atoms. The molecule has 0 atom stereocenters. The zero-order valence-electron chi connectivity index (χ0n) is 8.28. The smallest absolute Gasteiger partial charge is 0.194 e. The summed E-state index contributed by atoms with van der Waals surface area (Å²) in [6, 6.07) is 0. The van der Waals surface area contributed by atoms with Gasteiger partial charge in [-0.3, -0.25) is 0 Å². The first kappa shape index (κ1) is 16.1. The van der Waals surface area contributed by atoms with Crippen LogP contribution >= 0.6 is 63.7 Å². The molecule has 0 bridgehead atoms. The number of halogens is 10. The molecule has 10 heteroatoms. The number of hydrogen-bond acceptors (Lipinski definition) is 0. The third-order valence-corrected chi connectivity index (χ3v) is 7.45. The van der Waals surface area contributed by atoms with Crippen LogP contribution in [0.15, 0.2) is 17.9 Å². The molecule has 0 fully saturated rings. The fraction of sp³-hybridized carbons (Fsp3) is 0.333. The molecular formula is C9Br4F6. The average Bonchev–Trinajstić information content (AvgIpc) is 2.39. The van der Waals surface area contributed by atoms with E-state index in [1.54, 1.807) is 0 Å². The molecule has 0 aromatic heterocycles. The van der Waals surface area contributed by atoms with Crippen LogP contribution in [-0.4, -0.2) is 5.92 Å². The van der Waals surface area contributed by atoms with Crippen LogP contribution in [0.25, 0.3) is 0 Å². The van der Waals surface area contributed by atoms with E-state index in [9.17, 15) is 26.3 Å². The summed E-state index contributed by atoms with van der Waals surface area (Å²) in [5, 5.41) is 0. The number of rotatable bonds is 0. The maximum Gasteiger partial charge on any atom is 0.380 e. The first-order valence-corrected chi connectivity index (χ1v) is 7.56. The lowest BCUT2D eigenvalue weighted by atomic mass is 10.1. The van der Waals surface area contributed by atoms with Crippen molar-refractivity contribution < 1.29 is 26.3 Å². The summed E-state index contributed by atoms with van der Waals surface area (Å²) in [6.45, 7) is 0. The van der Waals surface area contributed by atoms with E-state index in [1.165, 1.54) is 0 Å². The summed E-state index contributed by atoms with van der Waals surface area (Å²) in [7, 11) is 0. The Balaban J connectivity index is 3.02. The summed E-state index contributed by atoms with van der Waals surface area (Å²) in [6.07, 6.45) is 0. The van der Waals surface area contributed by atoms with Crippen LogP contribution in [0.3, 0.4) is 0 Å². The van der Waals surface area contributed by atoms with Crippen LogP contribution in [0.1, 0.15) is 11.1 Å². The van der Waals surface area contributed by atoms with E-state index < -0.39 is 37.8 Å². The van der Waals surface area contributed by atoms with E-state index in [-0.39, 0.29) is 8.95 Å². The molecule has 1 aromatic rings. The maximum absolute atomic E-state index is 13.6. The highest BCUT2D eigenvalue weighted by atomic mass is 79.9. The van der Waals surface area contributed by atoms with Gasteiger partial charge in [-0.1, -0.05) is 0 Å². The van der Waals surface area contributed by atoms with Crippen molar-refractivity contribution in [1.82, 2.24) is 0 Å². The fourth-order valence-corrected chi connectivity index (χ4v) is 4.35. The van der Waals surface area contributed by atoms with Crippen LogP contribution < -0.4 is 0 Å². The molecular weight excluding hydrogens is 542 g/mol. The van der Waals surface area contributed by atoms with Gasteiger partial charge in [-0.05, 0) is 63.7 Å². The zero-order chi connectivity index (χ0) is 15.0. The van der Waals surface area contributed by atoms with Gasteiger partial charge in [-0.15, -0.1) is 0 Å². The van der Waals surface area contributed by atoms with Gasteiger partial charge in [0.1, 0.15) is 0 Å². The molecule has 0 amide bonds. The number of benzene rings is 1. The average molecular weight is 542 g/mol. The minimum Gasteiger partial charge on any atom is -0.194 e. The van der Waals surface area contributed by atoms with Gasteiger partial charge in [-0.2, -0.15) is 26.3 Å². The van der Waals surface area contributed by atoms with Crippen molar-refractivity contribution >= 4 is 63.7 Å². The Bertz CT molecular complexity index is 534. The lowest BCUT2D eigenvalue weighted by molar-refractivity contribution is -0.302. The summed E-state index contributed by atoms with van der Waals surface area (Å²) in [5.74, 6) is -15.5. The van der Waals surface area contributed by atoms with E-state index >= 15 is 0 Å². The number of hydrogen-bond donors (Lipinski definition) is 0.